The van der Waals surface area contributed by atoms with Crippen LogP contribution in [-0.4, -0.2) is 35.6 Å². The molecule has 2 aromatic rings. The average molecular weight is 772 g/mol. The molecule has 274 valence electrons. The molecule has 0 atom stereocenters. The Balaban J connectivity index is 0.00000468. The molecular formula is C45H71N2PRu. The smallest absolute Gasteiger partial charge is 0.109 e. The van der Waals surface area contributed by atoms with Crippen LogP contribution in [0.5, 0.6) is 0 Å². The zero-order chi connectivity index (χ0) is 34.0. The second-order valence-corrected chi connectivity index (χ2v) is 21.8. The van der Waals surface area contributed by atoms with Crippen LogP contribution >= 0.6 is 6.89 Å². The van der Waals surface area contributed by atoms with E-state index in [1.165, 1.54) is 96.3 Å². The topological polar surface area (TPSA) is 6.48 Å². The Morgan fingerprint density at radius 3 is 0.959 bits per heavy atom. The van der Waals surface area contributed by atoms with Gasteiger partial charge < -0.3 is 9.80 Å². The number of benzene rings is 2. The molecule has 4 aliphatic rings. The Hall–Kier alpha value is -1.04. The molecule has 2 nitrogen and oxygen atoms in total. The molecule has 2 aromatic carbocycles. The molecule has 0 radical (unpaired) electrons. The Morgan fingerprint density at radius 2 is 0.714 bits per heavy atom. The second kappa shape index (κ2) is 17.2. The first kappa shape index (κ1) is 39.2. The molecule has 1 saturated heterocycles. The summed E-state index contributed by atoms with van der Waals surface area (Å²) in [5.41, 5.74) is 14.1. The van der Waals surface area contributed by atoms with Gasteiger partial charge in [0.05, 0.1) is 0 Å². The predicted octanol–water partition coefficient (Wildman–Crippen LogP) is 13.6. The third-order valence-corrected chi connectivity index (χ3v) is 19.5. The summed E-state index contributed by atoms with van der Waals surface area (Å²) in [7, 11) is 0. The van der Waals surface area contributed by atoms with Crippen molar-refractivity contribution in [3.8, 4) is 0 Å². The van der Waals surface area contributed by atoms with Crippen molar-refractivity contribution in [2.45, 2.75) is 192 Å². The second-order valence-electron chi connectivity index (χ2n) is 17.5. The molecule has 3 saturated carbocycles. The summed E-state index contributed by atoms with van der Waals surface area (Å²) < 4.78 is 0. The van der Waals surface area contributed by atoms with Gasteiger partial charge in [-0.25, -0.2) is 0 Å². The molecule has 49 heavy (non-hydrogen) atoms. The van der Waals surface area contributed by atoms with E-state index in [1.54, 1.807) is 33.6 Å². The van der Waals surface area contributed by atoms with E-state index in [1.807, 2.05) is 5.54 Å². The summed E-state index contributed by atoms with van der Waals surface area (Å²) in [5, 5.41) is 0. The third-order valence-electron chi connectivity index (χ3n) is 13.1. The number of nitrogens with zero attached hydrogens (tertiary/aromatic N) is 2. The summed E-state index contributed by atoms with van der Waals surface area (Å²) in [6, 6.07) is 14.7. The van der Waals surface area contributed by atoms with Crippen LogP contribution in [0.1, 0.15) is 198 Å². The van der Waals surface area contributed by atoms with Crippen molar-refractivity contribution < 1.29 is 19.5 Å². The van der Waals surface area contributed by atoms with Gasteiger partial charge in [0, 0.05) is 43.9 Å². The van der Waals surface area contributed by atoms with Crippen molar-refractivity contribution in [3.05, 3.63) is 58.7 Å². The Morgan fingerprint density at radius 1 is 0.449 bits per heavy atom. The maximum atomic E-state index is 3.08. The summed E-state index contributed by atoms with van der Waals surface area (Å²) in [5.74, 6) is 2.04. The first-order chi connectivity index (χ1) is 23.2. The minimum Gasteiger partial charge on any atom is -0.326 e. The number of anilines is 2. The van der Waals surface area contributed by atoms with E-state index in [2.05, 4.69) is 102 Å². The maximum Gasteiger partial charge on any atom is 0.109 e. The zero-order valence-electron chi connectivity index (χ0n) is 32.7. The van der Waals surface area contributed by atoms with Crippen molar-refractivity contribution in [3.63, 3.8) is 0 Å². The molecule has 4 heteroatoms. The minimum absolute atomic E-state index is 0. The summed E-state index contributed by atoms with van der Waals surface area (Å²) in [6.45, 7) is 20.2. The summed E-state index contributed by atoms with van der Waals surface area (Å²) >= 11 is 0. The van der Waals surface area contributed by atoms with E-state index in [9.17, 15) is 0 Å². The van der Waals surface area contributed by atoms with Crippen molar-refractivity contribution >= 4 is 23.8 Å². The minimum atomic E-state index is -1.65. The molecule has 0 aromatic heterocycles. The average Bonchev–Trinajstić information content (AvgIpc) is 3.54. The quantitative estimate of drug-likeness (QED) is 0.185. The third kappa shape index (κ3) is 7.57. The molecule has 0 N–H and O–H groups in total. The van der Waals surface area contributed by atoms with Crippen LogP contribution in [0.3, 0.4) is 0 Å². The van der Waals surface area contributed by atoms with E-state index in [0.717, 1.165) is 30.1 Å². The molecule has 3 aliphatic carbocycles. The van der Waals surface area contributed by atoms with Crippen LogP contribution in [0.2, 0.25) is 0 Å². The van der Waals surface area contributed by atoms with E-state index >= 15 is 0 Å². The van der Waals surface area contributed by atoms with Crippen molar-refractivity contribution in [2.75, 3.05) is 22.9 Å². The van der Waals surface area contributed by atoms with Crippen LogP contribution in [-0.2, 0) is 19.5 Å². The van der Waals surface area contributed by atoms with Gasteiger partial charge in [0.25, 0.3) is 0 Å². The number of hydrogen-bond donors (Lipinski definition) is 0. The molecule has 0 amide bonds. The van der Waals surface area contributed by atoms with E-state index in [4.69, 9.17) is 0 Å². The molecule has 0 spiro atoms. The van der Waals surface area contributed by atoms with Crippen LogP contribution in [0.4, 0.5) is 11.4 Å². The summed E-state index contributed by atoms with van der Waals surface area (Å²) in [4.78, 5) is 6.16. The molecule has 4 fully saturated rings. The Bertz CT molecular complexity index is 1240. The van der Waals surface area contributed by atoms with Gasteiger partial charge in [-0.3, -0.25) is 0 Å². The van der Waals surface area contributed by atoms with Crippen LogP contribution in [0.15, 0.2) is 36.4 Å². The van der Waals surface area contributed by atoms with Gasteiger partial charge in [0.15, 0.2) is 0 Å². The molecule has 1 aliphatic heterocycles. The maximum absolute atomic E-state index is 3.08. The number of hydrogen-bond acceptors (Lipinski definition) is 0. The number of para-hydroxylation sites is 2. The van der Waals surface area contributed by atoms with Gasteiger partial charge in [-0.15, -0.1) is 0 Å². The van der Waals surface area contributed by atoms with Crippen molar-refractivity contribution in [1.29, 1.82) is 0 Å². The standard InChI is InChI=1S/C45H71N2P.Ru/c1-32(2)39-26-18-27-40(33(3)4)43(39)46-30-31-47(44-41(34(5)6)28-19-29-42(44)35(7)8)45(46)48(36-20-12-9-13-21-36,37-22-14-10-15-23-37)38-24-16-11-17-25-38;/h18-19,26-29,32-38H,9-17,20-25,30-31H2,1-8H3;. The summed E-state index contributed by atoms with van der Waals surface area (Å²) in [6.07, 6.45) is 22.0. The van der Waals surface area contributed by atoms with Crippen LogP contribution < -0.4 is 9.80 Å². The SMILES string of the molecule is CC(C)c1cccc(C(C)C)c1N1CCN(c2c(C(C)C)cccc2C(C)C)C1=P(C1CCCCC1)(C1CCCCC1)C1CCCCC1.[Ru]. The zero-order valence-corrected chi connectivity index (χ0v) is 35.4. The van der Waals surface area contributed by atoms with Crippen molar-refractivity contribution in [1.82, 2.24) is 0 Å². The molecule has 0 unspecified atom stereocenters. The van der Waals surface area contributed by atoms with Gasteiger partial charge >= 0.3 is 0 Å². The monoisotopic (exact) mass is 772 g/mol. The largest absolute Gasteiger partial charge is 0.326 e. The van der Waals surface area contributed by atoms with E-state index in [0.29, 0.717) is 23.7 Å². The fourth-order valence-corrected chi connectivity index (χ4v) is 18.6. The fourth-order valence-electron chi connectivity index (χ4n) is 10.9. The predicted molar refractivity (Wildman–Crippen MR) is 216 cm³/mol. The van der Waals surface area contributed by atoms with Gasteiger partial charge in [-0.1, -0.05) is 156 Å². The van der Waals surface area contributed by atoms with E-state index < -0.39 is 6.89 Å². The molecular weight excluding hydrogens is 701 g/mol. The Labute approximate surface area is 315 Å². The Kier molecular flexibility index (Phi) is 13.7. The van der Waals surface area contributed by atoms with Gasteiger partial charge in [0.2, 0.25) is 0 Å². The molecule has 1 heterocycles. The van der Waals surface area contributed by atoms with E-state index in [-0.39, 0.29) is 19.5 Å². The van der Waals surface area contributed by atoms with Crippen molar-refractivity contribution in [2.24, 2.45) is 0 Å². The van der Waals surface area contributed by atoms with Crippen LogP contribution in [0, 0.1) is 0 Å². The number of rotatable bonds is 9. The first-order valence-corrected chi connectivity index (χ1v) is 22.7. The van der Waals surface area contributed by atoms with Gasteiger partial charge in [-0.05, 0) is 101 Å². The fraction of sp³-hybridized carbons (Fsp3) is 0.711. The normalized spacial score (nSPS) is 20.7. The first-order valence-electron chi connectivity index (χ1n) is 20.7. The van der Waals surface area contributed by atoms with Gasteiger partial charge in [0.1, 0.15) is 5.54 Å². The molecule has 0 bridgehead atoms. The van der Waals surface area contributed by atoms with Crippen LogP contribution in [0.25, 0.3) is 0 Å². The molecule has 6 rings (SSSR count). The van der Waals surface area contributed by atoms with Gasteiger partial charge in [-0.2, -0.15) is 0 Å².